The maximum Gasteiger partial charge on any atom is 0.159 e. The van der Waals surface area contributed by atoms with Gasteiger partial charge in [-0.3, -0.25) is 0 Å². The Balaban J connectivity index is 2.35. The predicted octanol–water partition coefficient (Wildman–Crippen LogP) is 4.54. The molecule has 0 radical (unpaired) electrons. The number of nitrogens with zero attached hydrogens (tertiary/aromatic N) is 3. The van der Waals surface area contributed by atoms with Crippen molar-refractivity contribution in [1.82, 2.24) is 9.97 Å². The first kappa shape index (κ1) is 19.0. The van der Waals surface area contributed by atoms with Gasteiger partial charge >= 0.3 is 0 Å². The highest BCUT2D eigenvalue weighted by atomic mass is 15.2. The van der Waals surface area contributed by atoms with Gasteiger partial charge in [-0.2, -0.15) is 0 Å². The lowest BCUT2D eigenvalue weighted by atomic mass is 10.1. The van der Waals surface area contributed by atoms with E-state index in [1.165, 1.54) is 5.56 Å². The Morgan fingerprint density at radius 2 is 1.68 bits per heavy atom. The van der Waals surface area contributed by atoms with Gasteiger partial charge in [0.25, 0.3) is 0 Å². The molecule has 0 aliphatic carbocycles. The number of hydrogen-bond acceptors (Lipinski definition) is 5. The normalized spacial score (nSPS) is 11.2. The summed E-state index contributed by atoms with van der Waals surface area (Å²) < 4.78 is 0. The Labute approximate surface area is 151 Å². The van der Waals surface area contributed by atoms with Crippen LogP contribution in [0.5, 0.6) is 0 Å². The summed E-state index contributed by atoms with van der Waals surface area (Å²) in [6.07, 6.45) is 1.59. The van der Waals surface area contributed by atoms with Gasteiger partial charge in [-0.25, -0.2) is 9.97 Å². The average molecular weight is 342 g/mol. The van der Waals surface area contributed by atoms with Crippen molar-refractivity contribution in [3.8, 4) is 0 Å². The molecule has 5 heteroatoms. The van der Waals surface area contributed by atoms with Gasteiger partial charge in [-0.05, 0) is 42.9 Å². The number of nitrogens with one attached hydrogen (secondary N) is 1. The highest BCUT2D eigenvalue weighted by molar-refractivity contribution is 5.79. The minimum absolute atomic E-state index is 0.531. The zero-order valence-corrected chi connectivity index (χ0v) is 16.3. The zero-order chi connectivity index (χ0) is 18.6. The molecule has 25 heavy (non-hydrogen) atoms. The van der Waals surface area contributed by atoms with Crippen molar-refractivity contribution < 1.29 is 0 Å². The van der Waals surface area contributed by atoms with Crippen LogP contribution in [0.25, 0.3) is 0 Å². The number of anilines is 4. The predicted molar refractivity (Wildman–Crippen MR) is 108 cm³/mol. The molecule has 1 aromatic heterocycles. The number of rotatable bonds is 7. The molecule has 0 saturated carbocycles. The molecule has 136 valence electrons. The van der Waals surface area contributed by atoms with Gasteiger partial charge in [0.2, 0.25) is 0 Å². The molecule has 5 nitrogen and oxygen atoms in total. The van der Waals surface area contributed by atoms with Gasteiger partial charge in [0.05, 0.1) is 0 Å². The monoisotopic (exact) mass is 341 g/mol. The summed E-state index contributed by atoms with van der Waals surface area (Å²) in [7, 11) is 0. The molecule has 1 aromatic carbocycles. The highest BCUT2D eigenvalue weighted by Crippen LogP contribution is 2.30. The van der Waals surface area contributed by atoms with E-state index < -0.39 is 0 Å². The van der Waals surface area contributed by atoms with Crippen LogP contribution in [0.3, 0.4) is 0 Å². The third kappa shape index (κ3) is 5.08. The number of aryl methyl sites for hydroxylation is 2. The van der Waals surface area contributed by atoms with Crippen molar-refractivity contribution in [2.75, 3.05) is 29.0 Å². The van der Waals surface area contributed by atoms with Crippen LogP contribution in [0.1, 0.15) is 38.8 Å². The number of hydrogen-bond donors (Lipinski definition) is 2. The fourth-order valence-corrected chi connectivity index (χ4v) is 2.86. The van der Waals surface area contributed by atoms with Crippen LogP contribution in [0, 0.1) is 25.7 Å². The molecule has 3 N–H and O–H groups in total. The maximum absolute atomic E-state index is 6.44. The third-order valence-corrected chi connectivity index (χ3v) is 3.98. The molecule has 0 amide bonds. The SMILES string of the molecule is Cc1ccc(C)c(Nc2ncnc(N(CC(C)C)CC(C)C)c2N)c1. The van der Waals surface area contributed by atoms with E-state index in [0.29, 0.717) is 23.3 Å². The molecule has 0 atom stereocenters. The van der Waals surface area contributed by atoms with Crippen molar-refractivity contribution in [2.45, 2.75) is 41.5 Å². The van der Waals surface area contributed by atoms with Crippen molar-refractivity contribution in [3.05, 3.63) is 35.7 Å². The van der Waals surface area contributed by atoms with E-state index in [0.717, 1.165) is 30.2 Å². The van der Waals surface area contributed by atoms with Crippen molar-refractivity contribution in [3.63, 3.8) is 0 Å². The summed E-state index contributed by atoms with van der Waals surface area (Å²) in [6.45, 7) is 14.8. The van der Waals surface area contributed by atoms with E-state index in [1.54, 1.807) is 6.33 Å². The second-order valence-electron chi connectivity index (χ2n) is 7.60. The average Bonchev–Trinajstić information content (AvgIpc) is 2.51. The molecule has 0 spiro atoms. The highest BCUT2D eigenvalue weighted by Gasteiger charge is 2.18. The molecule has 2 aromatic rings. The van der Waals surface area contributed by atoms with Crippen LogP contribution < -0.4 is 16.0 Å². The number of nitrogens with two attached hydrogens (primary N) is 1. The van der Waals surface area contributed by atoms with Crippen LogP contribution in [0.4, 0.5) is 23.0 Å². The van der Waals surface area contributed by atoms with E-state index in [4.69, 9.17) is 5.73 Å². The summed E-state index contributed by atoms with van der Waals surface area (Å²) in [6, 6.07) is 6.30. The Morgan fingerprint density at radius 3 is 2.28 bits per heavy atom. The van der Waals surface area contributed by atoms with Gasteiger partial charge in [-0.1, -0.05) is 39.8 Å². The number of benzene rings is 1. The quantitative estimate of drug-likeness (QED) is 0.774. The third-order valence-electron chi connectivity index (χ3n) is 3.98. The van der Waals surface area contributed by atoms with E-state index in [1.807, 2.05) is 0 Å². The molecule has 1 heterocycles. The van der Waals surface area contributed by atoms with Gasteiger partial charge in [0.15, 0.2) is 11.6 Å². The molecular weight excluding hydrogens is 310 g/mol. The van der Waals surface area contributed by atoms with Gasteiger partial charge < -0.3 is 16.0 Å². The van der Waals surface area contributed by atoms with Crippen LogP contribution in [-0.4, -0.2) is 23.1 Å². The molecule has 0 bridgehead atoms. The largest absolute Gasteiger partial charge is 0.393 e. The Hall–Kier alpha value is -2.30. The lowest BCUT2D eigenvalue weighted by Crippen LogP contribution is -2.32. The summed E-state index contributed by atoms with van der Waals surface area (Å²) in [4.78, 5) is 11.1. The molecule has 0 aliphatic rings. The first-order valence-electron chi connectivity index (χ1n) is 8.97. The number of aromatic nitrogens is 2. The fourth-order valence-electron chi connectivity index (χ4n) is 2.86. The summed E-state index contributed by atoms with van der Waals surface area (Å²) >= 11 is 0. The second kappa shape index (κ2) is 8.19. The minimum Gasteiger partial charge on any atom is -0.393 e. The second-order valence-corrected chi connectivity index (χ2v) is 7.60. The Morgan fingerprint density at radius 1 is 1.04 bits per heavy atom. The molecule has 0 saturated heterocycles. The molecule has 0 aliphatic heterocycles. The molecule has 0 unspecified atom stereocenters. The van der Waals surface area contributed by atoms with E-state index in [-0.39, 0.29) is 0 Å². The fraction of sp³-hybridized carbons (Fsp3) is 0.500. The Bertz CT molecular complexity index is 699. The van der Waals surface area contributed by atoms with Crippen molar-refractivity contribution >= 4 is 23.0 Å². The molecule has 2 rings (SSSR count). The van der Waals surface area contributed by atoms with Crippen LogP contribution in [0.15, 0.2) is 24.5 Å². The minimum atomic E-state index is 0.531. The summed E-state index contributed by atoms with van der Waals surface area (Å²) in [5.74, 6) is 2.54. The summed E-state index contributed by atoms with van der Waals surface area (Å²) in [5, 5.41) is 3.38. The standard InChI is InChI=1S/C20H31N5/c1-13(2)10-25(11-14(3)4)20-18(21)19(22-12-23-20)24-17-9-15(5)7-8-16(17)6/h7-9,12-14H,10-11,21H2,1-6H3,(H,22,23,24). The molecule has 0 fully saturated rings. The van der Waals surface area contributed by atoms with E-state index >= 15 is 0 Å². The van der Waals surface area contributed by atoms with Gasteiger partial charge in [-0.15, -0.1) is 0 Å². The van der Waals surface area contributed by atoms with Gasteiger partial charge in [0.1, 0.15) is 12.0 Å². The smallest absolute Gasteiger partial charge is 0.159 e. The van der Waals surface area contributed by atoms with E-state index in [2.05, 4.69) is 79.9 Å². The van der Waals surface area contributed by atoms with Crippen molar-refractivity contribution in [1.29, 1.82) is 0 Å². The van der Waals surface area contributed by atoms with Crippen LogP contribution in [-0.2, 0) is 0 Å². The lowest BCUT2D eigenvalue weighted by Gasteiger charge is -2.28. The van der Waals surface area contributed by atoms with Crippen LogP contribution in [0.2, 0.25) is 0 Å². The number of nitrogen functional groups attached to an aromatic ring is 1. The van der Waals surface area contributed by atoms with Crippen molar-refractivity contribution in [2.24, 2.45) is 11.8 Å². The first-order valence-corrected chi connectivity index (χ1v) is 8.97. The van der Waals surface area contributed by atoms with Crippen LogP contribution >= 0.6 is 0 Å². The summed E-state index contributed by atoms with van der Waals surface area (Å²) in [5.41, 5.74) is 10.4. The lowest BCUT2D eigenvalue weighted by molar-refractivity contribution is 0.549. The maximum atomic E-state index is 6.44. The molecular formula is C20H31N5. The first-order chi connectivity index (χ1) is 11.8. The van der Waals surface area contributed by atoms with Gasteiger partial charge in [0, 0.05) is 18.8 Å². The zero-order valence-electron chi connectivity index (χ0n) is 16.3. The topological polar surface area (TPSA) is 67.1 Å². The van der Waals surface area contributed by atoms with E-state index in [9.17, 15) is 0 Å². The Kier molecular flexibility index (Phi) is 6.23.